The zero-order valence-electron chi connectivity index (χ0n) is 28.0. The Labute approximate surface area is 279 Å². The Morgan fingerprint density at radius 3 is 2.47 bits per heavy atom. The minimum Gasteiger partial charge on any atom is -0.412 e. The van der Waals surface area contributed by atoms with Crippen LogP contribution in [-0.2, 0) is 21.1 Å². The number of hydrogen-bond acceptors (Lipinski definition) is 6. The van der Waals surface area contributed by atoms with Crippen molar-refractivity contribution in [3.05, 3.63) is 45.9 Å². The molecule has 4 aliphatic rings. The van der Waals surface area contributed by atoms with Crippen molar-refractivity contribution in [2.45, 2.75) is 121 Å². The third-order valence-electron chi connectivity index (χ3n) is 11.6. The third-order valence-corrected chi connectivity index (χ3v) is 20.1. The van der Waals surface area contributed by atoms with E-state index >= 15 is 0 Å². The van der Waals surface area contributed by atoms with Gasteiger partial charge in [-0.25, -0.2) is 8.42 Å². The summed E-state index contributed by atoms with van der Waals surface area (Å²) in [5.41, 5.74) is 5.63. The summed E-state index contributed by atoms with van der Waals surface area (Å²) >= 11 is 8.67. The van der Waals surface area contributed by atoms with Crippen molar-refractivity contribution in [2.24, 2.45) is 5.92 Å². The number of thiophene rings is 1. The standard InChI is InChI=1S/C35H48ClN3O3S2Si/c1-33(2,3)44(40,41)39-20-24(18-35(39)11-9-12-35)38-19-22-14-27(22)29-16-23(36)15-28(31(29)38)26-10-13-37-30-17-25(43-32(26)30)21-42-45(7,8)34(4,5)6/h10,13,15-17,22,24,27H,9,11-12,14,18-21H2,1-8H3/t22-,24?,27-/m1/s1. The lowest BCUT2D eigenvalue weighted by molar-refractivity contribution is 0.125. The lowest BCUT2D eigenvalue weighted by Crippen LogP contribution is -2.56. The quantitative estimate of drug-likeness (QED) is 0.242. The zero-order chi connectivity index (χ0) is 32.3. The maximum Gasteiger partial charge on any atom is 0.219 e. The fourth-order valence-corrected chi connectivity index (χ4v) is 11.7. The summed E-state index contributed by atoms with van der Waals surface area (Å²) in [6.45, 7) is 19.1. The first kappa shape index (κ1) is 32.1. The lowest BCUT2D eigenvalue weighted by Gasteiger charge is -2.46. The van der Waals surface area contributed by atoms with Crippen LogP contribution in [0.1, 0.15) is 90.0 Å². The van der Waals surface area contributed by atoms with Crippen molar-refractivity contribution in [3.63, 3.8) is 0 Å². The van der Waals surface area contributed by atoms with Gasteiger partial charge in [0.1, 0.15) is 0 Å². The second-order valence-corrected chi connectivity index (χ2v) is 25.6. The molecule has 10 heteroatoms. The van der Waals surface area contributed by atoms with Crippen molar-refractivity contribution in [1.82, 2.24) is 9.29 Å². The number of aromatic nitrogens is 1. The van der Waals surface area contributed by atoms with Crippen LogP contribution in [-0.4, -0.2) is 55.4 Å². The van der Waals surface area contributed by atoms with Gasteiger partial charge in [0.15, 0.2) is 8.32 Å². The molecular formula is C35H48ClN3O3S2Si. The number of anilines is 1. The molecule has 2 aliphatic heterocycles. The summed E-state index contributed by atoms with van der Waals surface area (Å²) in [5.74, 6) is 1.13. The molecule has 0 bridgehead atoms. The Morgan fingerprint density at radius 1 is 1.09 bits per heavy atom. The molecule has 1 unspecified atom stereocenters. The van der Waals surface area contributed by atoms with Crippen molar-refractivity contribution < 1.29 is 12.8 Å². The number of fused-ring (bicyclic) bond motifs is 4. The summed E-state index contributed by atoms with van der Waals surface area (Å²) in [4.78, 5) is 8.56. The third kappa shape index (κ3) is 5.23. The van der Waals surface area contributed by atoms with Crippen LogP contribution in [0.5, 0.6) is 0 Å². The molecule has 1 aromatic carbocycles. The number of halogens is 1. The normalized spacial score (nSPS) is 25.0. The van der Waals surface area contributed by atoms with E-state index in [2.05, 4.69) is 63.0 Å². The largest absolute Gasteiger partial charge is 0.412 e. The van der Waals surface area contributed by atoms with E-state index < -0.39 is 23.1 Å². The van der Waals surface area contributed by atoms with Crippen LogP contribution in [0.4, 0.5) is 5.69 Å². The van der Waals surface area contributed by atoms with Crippen LogP contribution >= 0.6 is 22.9 Å². The van der Waals surface area contributed by atoms with Gasteiger partial charge in [0, 0.05) is 57.6 Å². The van der Waals surface area contributed by atoms with Gasteiger partial charge in [-0.2, -0.15) is 4.31 Å². The first-order valence-electron chi connectivity index (χ1n) is 16.6. The van der Waals surface area contributed by atoms with Crippen LogP contribution < -0.4 is 4.90 Å². The SMILES string of the molecule is CC(C)(C)[Si](C)(C)OCc1cc2nccc(-c3cc(Cl)cc4c3N(C3CN(S(=O)(=O)C(C)(C)C)C5(CCC5)C3)C[C@H]3C[C@@H]43)c2s1. The lowest BCUT2D eigenvalue weighted by atomic mass is 9.75. The minimum atomic E-state index is -3.45. The highest BCUT2D eigenvalue weighted by molar-refractivity contribution is 7.90. The van der Waals surface area contributed by atoms with Gasteiger partial charge in [-0.15, -0.1) is 11.3 Å². The van der Waals surface area contributed by atoms with Gasteiger partial charge in [0.2, 0.25) is 10.0 Å². The van der Waals surface area contributed by atoms with E-state index in [0.29, 0.717) is 25.0 Å². The van der Waals surface area contributed by atoms with Gasteiger partial charge in [-0.05, 0) is 113 Å². The van der Waals surface area contributed by atoms with Crippen molar-refractivity contribution in [2.75, 3.05) is 18.0 Å². The first-order valence-corrected chi connectivity index (χ1v) is 22.1. The van der Waals surface area contributed by atoms with E-state index in [1.165, 1.54) is 22.5 Å². The number of nitrogens with zero attached hydrogens (tertiary/aromatic N) is 3. The van der Waals surface area contributed by atoms with Crippen molar-refractivity contribution in [3.8, 4) is 11.1 Å². The van der Waals surface area contributed by atoms with Crippen molar-refractivity contribution in [1.29, 1.82) is 0 Å². The Morgan fingerprint density at radius 2 is 1.82 bits per heavy atom. The molecule has 0 radical (unpaired) electrons. The summed E-state index contributed by atoms with van der Waals surface area (Å²) in [5, 5.41) is 0.912. The summed E-state index contributed by atoms with van der Waals surface area (Å²) < 4.78 is 36.7. The molecule has 1 saturated heterocycles. The zero-order valence-corrected chi connectivity index (χ0v) is 31.4. The maximum atomic E-state index is 13.9. The predicted molar refractivity (Wildman–Crippen MR) is 191 cm³/mol. The average molecular weight is 686 g/mol. The summed E-state index contributed by atoms with van der Waals surface area (Å²) in [7, 11) is -5.34. The number of benzene rings is 1. The summed E-state index contributed by atoms with van der Waals surface area (Å²) in [6, 6.07) is 8.78. The molecule has 3 aromatic rings. The van der Waals surface area contributed by atoms with E-state index in [1.807, 2.05) is 31.3 Å². The van der Waals surface area contributed by atoms with Crippen LogP contribution in [0.15, 0.2) is 30.5 Å². The topological polar surface area (TPSA) is 62.7 Å². The van der Waals surface area contributed by atoms with Crippen LogP contribution in [0.2, 0.25) is 23.2 Å². The molecule has 45 heavy (non-hydrogen) atoms. The average Bonchev–Trinajstić information content (AvgIpc) is 3.39. The van der Waals surface area contributed by atoms with Gasteiger partial charge in [-0.1, -0.05) is 32.4 Å². The van der Waals surface area contributed by atoms with Crippen LogP contribution in [0, 0.1) is 5.92 Å². The molecule has 2 aromatic heterocycles. The molecule has 6 nitrogen and oxygen atoms in total. The Kier molecular flexibility index (Phi) is 7.48. The second kappa shape index (κ2) is 10.5. The highest BCUT2D eigenvalue weighted by Crippen LogP contribution is 2.60. The number of hydrogen-bond donors (Lipinski definition) is 0. The highest BCUT2D eigenvalue weighted by Gasteiger charge is 2.59. The van der Waals surface area contributed by atoms with Gasteiger partial charge in [0.25, 0.3) is 0 Å². The Balaban J connectivity index is 1.29. The molecule has 4 heterocycles. The predicted octanol–water partition coefficient (Wildman–Crippen LogP) is 9.19. The molecule has 2 aliphatic carbocycles. The van der Waals surface area contributed by atoms with E-state index in [9.17, 15) is 8.42 Å². The van der Waals surface area contributed by atoms with Crippen LogP contribution in [0.3, 0.4) is 0 Å². The maximum absolute atomic E-state index is 13.9. The molecule has 2 saturated carbocycles. The Hall–Kier alpha value is -1.49. The number of sulfonamides is 1. The van der Waals surface area contributed by atoms with E-state index in [1.54, 1.807) is 11.3 Å². The molecule has 0 amide bonds. The van der Waals surface area contributed by atoms with E-state index in [-0.39, 0.29) is 16.6 Å². The summed E-state index contributed by atoms with van der Waals surface area (Å²) in [6.07, 6.45) is 6.99. The molecule has 7 rings (SSSR count). The highest BCUT2D eigenvalue weighted by atomic mass is 35.5. The molecule has 3 fully saturated rings. The number of rotatable bonds is 6. The van der Waals surface area contributed by atoms with Gasteiger partial charge >= 0.3 is 0 Å². The number of pyridine rings is 1. The van der Waals surface area contributed by atoms with Gasteiger partial charge in [0.05, 0.1) is 21.6 Å². The molecule has 244 valence electrons. The molecule has 3 atom stereocenters. The van der Waals surface area contributed by atoms with E-state index in [4.69, 9.17) is 21.0 Å². The molecular weight excluding hydrogens is 638 g/mol. The fourth-order valence-electron chi connectivity index (χ4n) is 7.59. The Bertz CT molecular complexity index is 1770. The molecule has 1 spiro atoms. The van der Waals surface area contributed by atoms with Gasteiger partial charge in [-0.3, -0.25) is 4.98 Å². The first-order chi connectivity index (χ1) is 20.9. The molecule has 0 N–H and O–H groups in total. The minimum absolute atomic E-state index is 0.136. The monoisotopic (exact) mass is 685 g/mol. The van der Waals surface area contributed by atoms with E-state index in [0.717, 1.165) is 58.6 Å². The van der Waals surface area contributed by atoms with Gasteiger partial charge < -0.3 is 9.33 Å². The second-order valence-electron chi connectivity index (χ2n) is 16.6. The van der Waals surface area contributed by atoms with Crippen molar-refractivity contribution >= 4 is 57.2 Å². The smallest absolute Gasteiger partial charge is 0.219 e. The van der Waals surface area contributed by atoms with Crippen LogP contribution in [0.25, 0.3) is 21.3 Å². The fraction of sp³-hybridized carbons (Fsp3) is 0.629.